The maximum absolute atomic E-state index is 12.3. The fraction of sp³-hybridized carbons (Fsp3) is 0.409. The third-order valence-electron chi connectivity index (χ3n) is 4.57. The van der Waals surface area contributed by atoms with Crippen molar-refractivity contribution >= 4 is 17.4 Å². The zero-order chi connectivity index (χ0) is 19.1. The van der Waals surface area contributed by atoms with E-state index in [0.717, 1.165) is 18.7 Å². The van der Waals surface area contributed by atoms with Crippen LogP contribution in [-0.4, -0.2) is 25.7 Å². The number of rotatable bonds is 7. The topological polar surface area (TPSA) is 53.6 Å². The number of hydrogen-bond acceptors (Lipinski definition) is 3. The molecule has 0 saturated carbocycles. The molecule has 0 aromatic heterocycles. The van der Waals surface area contributed by atoms with Gasteiger partial charge in [0.2, 0.25) is 0 Å². The highest BCUT2D eigenvalue weighted by molar-refractivity contribution is 5.90. The first-order valence-electron chi connectivity index (χ1n) is 9.72. The number of carbonyl (C=O) groups is 1. The standard InChI is InChI=1S/C22H29N3O2/c1-17(2)16-27-21-8-4-3-7-20(21)24-22(26)23-15-18-9-11-19(12-10-18)25-13-5-6-14-25/h3-4,7-12,17H,5-6,13-16H2,1-2H3,(H2,23,24,26). The average Bonchev–Trinajstić information content (AvgIpc) is 3.21. The number of para-hydroxylation sites is 2. The lowest BCUT2D eigenvalue weighted by molar-refractivity contribution is 0.251. The number of anilines is 2. The molecule has 144 valence electrons. The predicted molar refractivity (Wildman–Crippen MR) is 111 cm³/mol. The van der Waals surface area contributed by atoms with Gasteiger partial charge in [0.1, 0.15) is 5.75 Å². The fourth-order valence-electron chi connectivity index (χ4n) is 3.10. The summed E-state index contributed by atoms with van der Waals surface area (Å²) in [7, 11) is 0. The minimum atomic E-state index is -0.237. The van der Waals surface area contributed by atoms with Crippen LogP contribution in [0.2, 0.25) is 0 Å². The van der Waals surface area contributed by atoms with Crippen LogP contribution in [-0.2, 0) is 6.54 Å². The van der Waals surface area contributed by atoms with E-state index in [1.807, 2.05) is 24.3 Å². The van der Waals surface area contributed by atoms with Crippen LogP contribution in [0.3, 0.4) is 0 Å². The fourth-order valence-corrected chi connectivity index (χ4v) is 3.10. The maximum atomic E-state index is 12.3. The quantitative estimate of drug-likeness (QED) is 0.749. The average molecular weight is 367 g/mol. The van der Waals surface area contributed by atoms with Crippen LogP contribution < -0.4 is 20.3 Å². The summed E-state index contributed by atoms with van der Waals surface area (Å²) in [6.07, 6.45) is 2.54. The van der Waals surface area contributed by atoms with E-state index < -0.39 is 0 Å². The van der Waals surface area contributed by atoms with Crippen molar-refractivity contribution in [3.8, 4) is 5.75 Å². The van der Waals surface area contributed by atoms with Gasteiger partial charge in [-0.2, -0.15) is 0 Å². The molecule has 5 nitrogen and oxygen atoms in total. The molecule has 0 aliphatic carbocycles. The highest BCUT2D eigenvalue weighted by atomic mass is 16.5. The third kappa shape index (κ3) is 5.64. The summed E-state index contributed by atoms with van der Waals surface area (Å²) in [5.41, 5.74) is 3.02. The summed E-state index contributed by atoms with van der Waals surface area (Å²) in [6.45, 7) is 7.57. The van der Waals surface area contributed by atoms with E-state index in [0.29, 0.717) is 30.5 Å². The lowest BCUT2D eigenvalue weighted by atomic mass is 10.2. The zero-order valence-electron chi connectivity index (χ0n) is 16.2. The monoisotopic (exact) mass is 367 g/mol. The molecule has 3 rings (SSSR count). The first kappa shape index (κ1) is 19.1. The summed E-state index contributed by atoms with van der Waals surface area (Å²) >= 11 is 0. The molecule has 1 heterocycles. The number of benzene rings is 2. The molecular weight excluding hydrogens is 338 g/mol. The Hall–Kier alpha value is -2.69. The lowest BCUT2D eigenvalue weighted by Gasteiger charge is -2.18. The van der Waals surface area contributed by atoms with Gasteiger partial charge in [0, 0.05) is 25.3 Å². The molecule has 2 aromatic carbocycles. The van der Waals surface area contributed by atoms with Crippen molar-refractivity contribution in [2.75, 3.05) is 29.9 Å². The van der Waals surface area contributed by atoms with E-state index in [9.17, 15) is 4.79 Å². The summed E-state index contributed by atoms with van der Waals surface area (Å²) in [6, 6.07) is 15.7. The molecule has 0 bridgehead atoms. The van der Waals surface area contributed by atoms with Gasteiger partial charge in [0.25, 0.3) is 0 Å². The van der Waals surface area contributed by atoms with Crippen molar-refractivity contribution in [2.24, 2.45) is 5.92 Å². The zero-order valence-corrected chi connectivity index (χ0v) is 16.2. The second-order valence-corrected chi connectivity index (χ2v) is 7.37. The first-order chi connectivity index (χ1) is 13.1. The Morgan fingerprint density at radius 2 is 1.78 bits per heavy atom. The van der Waals surface area contributed by atoms with Crippen molar-refractivity contribution in [3.05, 3.63) is 54.1 Å². The molecule has 2 aromatic rings. The van der Waals surface area contributed by atoms with E-state index in [1.54, 1.807) is 0 Å². The molecule has 1 fully saturated rings. The second-order valence-electron chi connectivity index (χ2n) is 7.37. The molecule has 5 heteroatoms. The van der Waals surface area contributed by atoms with Crippen molar-refractivity contribution in [2.45, 2.75) is 33.2 Å². The molecule has 0 spiro atoms. The van der Waals surface area contributed by atoms with Crippen molar-refractivity contribution in [3.63, 3.8) is 0 Å². The van der Waals surface area contributed by atoms with Gasteiger partial charge in [0.15, 0.2) is 0 Å². The van der Waals surface area contributed by atoms with E-state index in [2.05, 4.69) is 53.6 Å². The lowest BCUT2D eigenvalue weighted by Crippen LogP contribution is -2.28. The molecule has 0 atom stereocenters. The van der Waals surface area contributed by atoms with Crippen molar-refractivity contribution in [1.29, 1.82) is 0 Å². The van der Waals surface area contributed by atoms with Gasteiger partial charge in [-0.15, -0.1) is 0 Å². The van der Waals surface area contributed by atoms with Gasteiger partial charge in [-0.05, 0) is 48.6 Å². The smallest absolute Gasteiger partial charge is 0.319 e. The SMILES string of the molecule is CC(C)COc1ccccc1NC(=O)NCc1ccc(N2CCCC2)cc1. The highest BCUT2D eigenvalue weighted by Crippen LogP contribution is 2.24. The maximum Gasteiger partial charge on any atom is 0.319 e. The number of nitrogens with zero attached hydrogens (tertiary/aromatic N) is 1. The van der Waals surface area contributed by atoms with E-state index in [-0.39, 0.29) is 6.03 Å². The van der Waals surface area contributed by atoms with Crippen molar-refractivity contribution in [1.82, 2.24) is 5.32 Å². The molecule has 1 aliphatic heterocycles. The van der Waals surface area contributed by atoms with Crippen LogP contribution in [0.5, 0.6) is 5.75 Å². The van der Waals surface area contributed by atoms with Crippen LogP contribution in [0.4, 0.5) is 16.2 Å². The predicted octanol–water partition coefficient (Wildman–Crippen LogP) is 4.64. The number of nitrogens with one attached hydrogen (secondary N) is 2. The summed E-state index contributed by atoms with van der Waals surface area (Å²) in [4.78, 5) is 14.7. The van der Waals surface area contributed by atoms with Gasteiger partial charge in [-0.3, -0.25) is 0 Å². The van der Waals surface area contributed by atoms with Crippen molar-refractivity contribution < 1.29 is 9.53 Å². The summed E-state index contributed by atoms with van der Waals surface area (Å²) in [5.74, 6) is 1.12. The molecule has 1 aliphatic rings. The minimum Gasteiger partial charge on any atom is -0.491 e. The Morgan fingerprint density at radius 1 is 1.07 bits per heavy atom. The first-order valence-corrected chi connectivity index (χ1v) is 9.72. The van der Waals surface area contributed by atoms with E-state index >= 15 is 0 Å². The third-order valence-corrected chi connectivity index (χ3v) is 4.57. The van der Waals surface area contributed by atoms with Gasteiger partial charge in [-0.25, -0.2) is 4.79 Å². The van der Waals surface area contributed by atoms with Gasteiger partial charge in [-0.1, -0.05) is 38.1 Å². The number of ether oxygens (including phenoxy) is 1. The van der Waals surface area contributed by atoms with Gasteiger partial charge in [0.05, 0.1) is 12.3 Å². The molecule has 2 N–H and O–H groups in total. The van der Waals surface area contributed by atoms with Crippen LogP contribution in [0.1, 0.15) is 32.3 Å². The van der Waals surface area contributed by atoms with Crippen LogP contribution in [0.25, 0.3) is 0 Å². The largest absolute Gasteiger partial charge is 0.491 e. The van der Waals surface area contributed by atoms with E-state index in [4.69, 9.17) is 4.74 Å². The Morgan fingerprint density at radius 3 is 2.48 bits per heavy atom. The summed E-state index contributed by atoms with van der Waals surface area (Å²) in [5, 5.41) is 5.79. The number of amides is 2. The highest BCUT2D eigenvalue weighted by Gasteiger charge is 2.12. The van der Waals surface area contributed by atoms with Crippen LogP contribution >= 0.6 is 0 Å². The molecule has 2 amide bonds. The van der Waals surface area contributed by atoms with Gasteiger partial charge < -0.3 is 20.3 Å². The minimum absolute atomic E-state index is 0.237. The second kappa shape index (κ2) is 9.31. The molecule has 0 radical (unpaired) electrons. The molecule has 27 heavy (non-hydrogen) atoms. The van der Waals surface area contributed by atoms with Crippen LogP contribution in [0, 0.1) is 5.92 Å². The molecular formula is C22H29N3O2. The Labute approximate surface area is 161 Å². The Kier molecular flexibility index (Phi) is 6.58. The number of hydrogen-bond donors (Lipinski definition) is 2. The number of urea groups is 1. The molecule has 1 saturated heterocycles. The Balaban J connectivity index is 1.51. The summed E-state index contributed by atoms with van der Waals surface area (Å²) < 4.78 is 5.78. The van der Waals surface area contributed by atoms with Gasteiger partial charge >= 0.3 is 6.03 Å². The van der Waals surface area contributed by atoms with E-state index in [1.165, 1.54) is 18.5 Å². The van der Waals surface area contributed by atoms with Crippen LogP contribution in [0.15, 0.2) is 48.5 Å². The number of carbonyl (C=O) groups excluding carboxylic acids is 1. The Bertz CT molecular complexity index is 737. The normalized spacial score (nSPS) is 13.7. The molecule has 0 unspecified atom stereocenters.